The molecule has 0 aromatic heterocycles. The van der Waals surface area contributed by atoms with Crippen molar-refractivity contribution in [1.29, 1.82) is 5.26 Å². The Balaban J connectivity index is 2.32. The molecule has 17 heavy (non-hydrogen) atoms. The van der Waals surface area contributed by atoms with E-state index in [1.807, 2.05) is 18.2 Å². The summed E-state index contributed by atoms with van der Waals surface area (Å²) < 4.78 is 0. The highest BCUT2D eigenvalue weighted by Gasteiger charge is 2.28. The normalized spacial score (nSPS) is 19.5. The van der Waals surface area contributed by atoms with Crippen LogP contribution in [0.4, 0.5) is 5.69 Å². The molecule has 1 aromatic carbocycles. The zero-order valence-electron chi connectivity index (χ0n) is 10.5. The van der Waals surface area contributed by atoms with Crippen LogP contribution in [-0.2, 0) is 0 Å². The maximum atomic E-state index is 8.97. The molecule has 1 fully saturated rings. The summed E-state index contributed by atoms with van der Waals surface area (Å²) in [5.41, 5.74) is 2.02. The lowest BCUT2D eigenvalue weighted by Gasteiger charge is -2.39. The average molecular weight is 229 g/mol. The van der Waals surface area contributed by atoms with E-state index in [0.717, 1.165) is 37.3 Å². The van der Waals surface area contributed by atoms with Crippen molar-refractivity contribution in [2.45, 2.75) is 25.8 Å². The molecule has 0 radical (unpaired) electrons. The Morgan fingerprint density at radius 1 is 1.35 bits per heavy atom. The van der Waals surface area contributed by atoms with Gasteiger partial charge in [0, 0.05) is 24.3 Å². The van der Waals surface area contributed by atoms with E-state index in [1.165, 1.54) is 0 Å². The first-order valence-electron chi connectivity index (χ1n) is 6.12. The summed E-state index contributed by atoms with van der Waals surface area (Å²) in [5.74, 6) is 0. The third-order valence-electron chi connectivity index (χ3n) is 3.44. The maximum Gasteiger partial charge on any atom is 0.0992 e. The minimum absolute atomic E-state index is 0.136. The minimum Gasteiger partial charge on any atom is -0.365 e. The second kappa shape index (κ2) is 4.77. The minimum atomic E-state index is 0.136. The predicted octanol–water partition coefficient (Wildman–Crippen LogP) is 2.14. The van der Waals surface area contributed by atoms with Crippen LogP contribution in [0.1, 0.15) is 25.8 Å². The molecule has 3 heteroatoms. The molecular weight excluding hydrogens is 210 g/mol. The Morgan fingerprint density at radius 2 is 2.18 bits per heavy atom. The number of benzene rings is 1. The summed E-state index contributed by atoms with van der Waals surface area (Å²) >= 11 is 0. The van der Waals surface area contributed by atoms with Crippen LogP contribution in [0.15, 0.2) is 24.3 Å². The first kappa shape index (κ1) is 11.9. The van der Waals surface area contributed by atoms with Crippen molar-refractivity contribution in [3.8, 4) is 6.07 Å². The van der Waals surface area contributed by atoms with Gasteiger partial charge in [0.25, 0.3) is 0 Å². The second-order valence-corrected chi connectivity index (χ2v) is 5.13. The quantitative estimate of drug-likeness (QED) is 0.802. The van der Waals surface area contributed by atoms with Crippen LogP contribution in [0.25, 0.3) is 0 Å². The van der Waals surface area contributed by atoms with Crippen molar-refractivity contribution in [1.82, 2.24) is 5.32 Å². The lowest BCUT2D eigenvalue weighted by atomic mass is 9.97. The van der Waals surface area contributed by atoms with E-state index in [0.29, 0.717) is 0 Å². The average Bonchev–Trinajstić information content (AvgIpc) is 2.50. The predicted molar refractivity (Wildman–Crippen MR) is 70.1 cm³/mol. The molecule has 0 saturated carbocycles. The van der Waals surface area contributed by atoms with Crippen LogP contribution < -0.4 is 10.2 Å². The van der Waals surface area contributed by atoms with Gasteiger partial charge in [-0.25, -0.2) is 0 Å². The molecule has 1 N–H and O–H groups in total. The fraction of sp³-hybridized carbons (Fsp3) is 0.500. The fourth-order valence-corrected chi connectivity index (χ4v) is 2.37. The largest absolute Gasteiger partial charge is 0.365 e. The molecule has 0 amide bonds. The van der Waals surface area contributed by atoms with Gasteiger partial charge in [-0.1, -0.05) is 6.07 Å². The molecular formula is C14H19N3. The van der Waals surface area contributed by atoms with Crippen LogP contribution in [0, 0.1) is 11.3 Å². The van der Waals surface area contributed by atoms with E-state index >= 15 is 0 Å². The van der Waals surface area contributed by atoms with Crippen molar-refractivity contribution in [2.24, 2.45) is 0 Å². The van der Waals surface area contributed by atoms with E-state index in [9.17, 15) is 0 Å². The molecule has 1 aliphatic rings. The lowest BCUT2D eigenvalue weighted by Crippen LogP contribution is -2.44. The highest BCUT2D eigenvalue weighted by Crippen LogP contribution is 2.27. The molecule has 0 spiro atoms. The lowest BCUT2D eigenvalue weighted by molar-refractivity contribution is 0.454. The Hall–Kier alpha value is -1.53. The number of rotatable bonds is 1. The number of hydrogen-bond acceptors (Lipinski definition) is 3. The Morgan fingerprint density at radius 3 is 2.94 bits per heavy atom. The van der Waals surface area contributed by atoms with Gasteiger partial charge in [-0.2, -0.15) is 5.26 Å². The van der Waals surface area contributed by atoms with Gasteiger partial charge < -0.3 is 10.2 Å². The zero-order chi connectivity index (χ0) is 12.3. The molecule has 0 atom stereocenters. The van der Waals surface area contributed by atoms with E-state index in [-0.39, 0.29) is 5.54 Å². The third kappa shape index (κ3) is 2.59. The summed E-state index contributed by atoms with van der Waals surface area (Å²) in [4.78, 5) is 2.40. The number of nitriles is 1. The van der Waals surface area contributed by atoms with Gasteiger partial charge in [0.2, 0.25) is 0 Å². The van der Waals surface area contributed by atoms with Gasteiger partial charge in [-0.15, -0.1) is 0 Å². The zero-order valence-corrected chi connectivity index (χ0v) is 10.5. The van der Waals surface area contributed by atoms with E-state index in [2.05, 4.69) is 36.2 Å². The number of hydrogen-bond donors (Lipinski definition) is 1. The summed E-state index contributed by atoms with van der Waals surface area (Å²) in [6, 6.07) is 10.1. The summed E-state index contributed by atoms with van der Waals surface area (Å²) in [6.07, 6.45) is 1.11. The Bertz CT molecular complexity index is 431. The van der Waals surface area contributed by atoms with E-state index in [4.69, 9.17) is 5.26 Å². The highest BCUT2D eigenvalue weighted by atomic mass is 15.2. The standard InChI is InChI=1S/C14H19N3/c1-14(2)6-7-16-8-9-17(14)13-5-3-4-12(10-13)11-15/h3-5,10,16H,6-9H2,1-2H3. The van der Waals surface area contributed by atoms with Gasteiger partial charge >= 0.3 is 0 Å². The fourth-order valence-electron chi connectivity index (χ4n) is 2.37. The summed E-state index contributed by atoms with van der Waals surface area (Å²) in [7, 11) is 0. The molecule has 0 bridgehead atoms. The Labute approximate surface area is 103 Å². The van der Waals surface area contributed by atoms with Crippen molar-refractivity contribution in [3.63, 3.8) is 0 Å². The monoisotopic (exact) mass is 229 g/mol. The molecule has 1 heterocycles. The van der Waals surface area contributed by atoms with Gasteiger partial charge in [0.1, 0.15) is 0 Å². The van der Waals surface area contributed by atoms with Crippen LogP contribution in [0.3, 0.4) is 0 Å². The van der Waals surface area contributed by atoms with Crippen LogP contribution in [0.5, 0.6) is 0 Å². The Kier molecular flexibility index (Phi) is 3.35. The molecule has 90 valence electrons. The van der Waals surface area contributed by atoms with Crippen LogP contribution in [-0.4, -0.2) is 25.2 Å². The van der Waals surface area contributed by atoms with Crippen LogP contribution in [0.2, 0.25) is 0 Å². The third-order valence-corrected chi connectivity index (χ3v) is 3.44. The molecule has 1 aliphatic heterocycles. The number of nitrogens with zero attached hydrogens (tertiary/aromatic N) is 2. The van der Waals surface area contributed by atoms with Gasteiger partial charge in [0.15, 0.2) is 0 Å². The number of anilines is 1. The topological polar surface area (TPSA) is 39.1 Å². The molecule has 3 nitrogen and oxygen atoms in total. The summed E-state index contributed by atoms with van der Waals surface area (Å²) in [5, 5.41) is 12.4. The summed E-state index contributed by atoms with van der Waals surface area (Å²) in [6.45, 7) is 7.57. The molecule has 1 saturated heterocycles. The second-order valence-electron chi connectivity index (χ2n) is 5.13. The first-order chi connectivity index (χ1) is 8.13. The maximum absolute atomic E-state index is 8.97. The number of nitrogens with one attached hydrogen (secondary N) is 1. The molecule has 1 aromatic rings. The molecule has 2 rings (SSSR count). The first-order valence-corrected chi connectivity index (χ1v) is 6.12. The highest BCUT2D eigenvalue weighted by molar-refractivity contribution is 5.53. The van der Waals surface area contributed by atoms with Gasteiger partial charge in [-0.3, -0.25) is 0 Å². The SMILES string of the molecule is CC1(C)CCNCCN1c1cccc(C#N)c1. The van der Waals surface area contributed by atoms with Crippen molar-refractivity contribution < 1.29 is 0 Å². The van der Waals surface area contributed by atoms with Gasteiger partial charge in [0.05, 0.1) is 11.6 Å². The smallest absolute Gasteiger partial charge is 0.0992 e. The molecule has 0 aliphatic carbocycles. The van der Waals surface area contributed by atoms with Crippen LogP contribution >= 0.6 is 0 Å². The van der Waals surface area contributed by atoms with Gasteiger partial charge in [-0.05, 0) is 45.0 Å². The van der Waals surface area contributed by atoms with E-state index in [1.54, 1.807) is 0 Å². The molecule has 0 unspecified atom stereocenters. The van der Waals surface area contributed by atoms with Crippen molar-refractivity contribution in [2.75, 3.05) is 24.5 Å². The van der Waals surface area contributed by atoms with E-state index < -0.39 is 0 Å². The van der Waals surface area contributed by atoms with Crippen molar-refractivity contribution >= 4 is 5.69 Å². The van der Waals surface area contributed by atoms with Crippen molar-refractivity contribution in [3.05, 3.63) is 29.8 Å².